The van der Waals surface area contributed by atoms with Crippen LogP contribution in [-0.4, -0.2) is 30.7 Å². The molecule has 0 radical (unpaired) electrons. The fourth-order valence-electron chi connectivity index (χ4n) is 2.61. The second kappa shape index (κ2) is 7.74. The Balaban J connectivity index is 2.34. The molecule has 0 heterocycles. The van der Waals surface area contributed by atoms with Gasteiger partial charge in [0.15, 0.2) is 0 Å². The molecule has 0 aromatic heterocycles. The van der Waals surface area contributed by atoms with Crippen molar-refractivity contribution in [1.82, 2.24) is 5.32 Å². The molecule has 0 spiro atoms. The molecule has 3 unspecified atom stereocenters. The molecule has 4 heteroatoms. The van der Waals surface area contributed by atoms with Crippen LogP contribution in [0.5, 0.6) is 0 Å². The highest BCUT2D eigenvalue weighted by atomic mass is 16.5. The Morgan fingerprint density at radius 3 is 2.72 bits per heavy atom. The largest absolute Gasteiger partial charge is 0.376 e. The predicted octanol–water partition coefficient (Wildman–Crippen LogP) is 1.82. The van der Waals surface area contributed by atoms with Crippen LogP contribution in [0.15, 0.2) is 0 Å². The smallest absolute Gasteiger partial charge is 0.236 e. The number of hydrogen-bond acceptors (Lipinski definition) is 3. The fraction of sp³-hybridized carbons (Fsp3) is 0.929. The molecule has 1 aliphatic carbocycles. The number of hydrogen-bond donors (Lipinski definition) is 2. The van der Waals surface area contributed by atoms with Crippen molar-refractivity contribution >= 4 is 5.91 Å². The summed E-state index contributed by atoms with van der Waals surface area (Å²) in [4.78, 5) is 11.3. The lowest BCUT2D eigenvalue weighted by atomic mass is 9.85. The van der Waals surface area contributed by atoms with Crippen molar-refractivity contribution in [2.24, 2.45) is 11.7 Å². The molecule has 106 valence electrons. The molecule has 0 aromatic rings. The van der Waals surface area contributed by atoms with Gasteiger partial charge in [-0.2, -0.15) is 0 Å². The van der Waals surface area contributed by atoms with Gasteiger partial charge >= 0.3 is 0 Å². The van der Waals surface area contributed by atoms with E-state index in [9.17, 15) is 4.79 Å². The average molecular weight is 256 g/mol. The molecule has 1 aliphatic rings. The normalized spacial score (nSPS) is 26.2. The minimum Gasteiger partial charge on any atom is -0.376 e. The molecule has 0 saturated heterocycles. The molecule has 0 bridgehead atoms. The topological polar surface area (TPSA) is 64.3 Å². The summed E-state index contributed by atoms with van der Waals surface area (Å²) in [6, 6.07) is -0.132. The lowest BCUT2D eigenvalue weighted by molar-refractivity contribution is -0.122. The average Bonchev–Trinajstić information content (AvgIpc) is 2.34. The van der Waals surface area contributed by atoms with Gasteiger partial charge in [-0.25, -0.2) is 0 Å². The first-order valence-corrected chi connectivity index (χ1v) is 7.19. The molecule has 18 heavy (non-hydrogen) atoms. The number of amides is 1. The predicted molar refractivity (Wildman–Crippen MR) is 73.2 cm³/mol. The Bertz CT molecular complexity index is 256. The zero-order valence-electron chi connectivity index (χ0n) is 11.9. The van der Waals surface area contributed by atoms with E-state index in [0.29, 0.717) is 12.7 Å². The summed E-state index contributed by atoms with van der Waals surface area (Å²) in [5, 5.41) is 3.14. The Hall–Kier alpha value is -0.610. The molecule has 1 amide bonds. The van der Waals surface area contributed by atoms with E-state index in [1.54, 1.807) is 0 Å². The van der Waals surface area contributed by atoms with Crippen LogP contribution in [0, 0.1) is 5.92 Å². The van der Waals surface area contributed by atoms with Crippen molar-refractivity contribution < 1.29 is 9.53 Å². The standard InChI is InChI=1S/C14H28N2O2/c1-4-11-6-5-7-12(8-11)18-9-13(14(15)17)16-10(2)3/h10-13,16H,4-9H2,1-3H3,(H2,15,17). The quantitative estimate of drug-likeness (QED) is 0.730. The first-order valence-electron chi connectivity index (χ1n) is 7.19. The summed E-state index contributed by atoms with van der Waals surface area (Å²) in [5.74, 6) is 0.459. The molecule has 3 N–H and O–H groups in total. The van der Waals surface area contributed by atoms with Gasteiger partial charge < -0.3 is 15.8 Å². The monoisotopic (exact) mass is 256 g/mol. The Morgan fingerprint density at radius 1 is 1.44 bits per heavy atom. The first kappa shape index (κ1) is 15.4. The molecule has 1 rings (SSSR count). The summed E-state index contributed by atoms with van der Waals surface area (Å²) in [5.41, 5.74) is 5.37. The summed E-state index contributed by atoms with van der Waals surface area (Å²) < 4.78 is 5.88. The zero-order chi connectivity index (χ0) is 13.5. The minimum atomic E-state index is -0.369. The van der Waals surface area contributed by atoms with Crippen LogP contribution in [0.4, 0.5) is 0 Å². The Labute approximate surface area is 111 Å². The van der Waals surface area contributed by atoms with Gasteiger partial charge in [-0.1, -0.05) is 40.0 Å². The highest BCUT2D eigenvalue weighted by Crippen LogP contribution is 2.28. The van der Waals surface area contributed by atoms with Gasteiger partial charge in [-0.05, 0) is 18.8 Å². The van der Waals surface area contributed by atoms with Gasteiger partial charge in [0.25, 0.3) is 0 Å². The molecule has 0 aliphatic heterocycles. The van der Waals surface area contributed by atoms with Gasteiger partial charge in [0.05, 0.1) is 12.7 Å². The third kappa shape index (κ3) is 5.36. The second-order valence-corrected chi connectivity index (χ2v) is 5.67. The van der Waals surface area contributed by atoms with E-state index in [4.69, 9.17) is 10.5 Å². The molecule has 3 atom stereocenters. The third-order valence-corrected chi connectivity index (χ3v) is 3.69. The number of carbonyl (C=O) groups excluding carboxylic acids is 1. The van der Waals surface area contributed by atoms with Crippen LogP contribution in [0.25, 0.3) is 0 Å². The maximum Gasteiger partial charge on any atom is 0.236 e. The summed E-state index contributed by atoms with van der Waals surface area (Å²) in [7, 11) is 0. The SMILES string of the molecule is CCC1CCCC(OCC(NC(C)C)C(N)=O)C1. The number of rotatable bonds is 7. The third-order valence-electron chi connectivity index (χ3n) is 3.69. The van der Waals surface area contributed by atoms with Crippen molar-refractivity contribution in [3.05, 3.63) is 0 Å². The van der Waals surface area contributed by atoms with Crippen LogP contribution in [0.1, 0.15) is 52.9 Å². The molecule has 1 fully saturated rings. The lowest BCUT2D eigenvalue weighted by Gasteiger charge is -2.30. The van der Waals surface area contributed by atoms with Crippen molar-refractivity contribution in [3.8, 4) is 0 Å². The van der Waals surface area contributed by atoms with E-state index >= 15 is 0 Å². The van der Waals surface area contributed by atoms with Gasteiger partial charge in [0.1, 0.15) is 6.04 Å². The van der Waals surface area contributed by atoms with Gasteiger partial charge in [0.2, 0.25) is 5.91 Å². The van der Waals surface area contributed by atoms with Crippen molar-refractivity contribution in [3.63, 3.8) is 0 Å². The summed E-state index contributed by atoms with van der Waals surface area (Å²) >= 11 is 0. The van der Waals surface area contributed by atoms with E-state index < -0.39 is 0 Å². The zero-order valence-corrected chi connectivity index (χ0v) is 11.9. The van der Waals surface area contributed by atoms with Crippen LogP contribution in [0.2, 0.25) is 0 Å². The van der Waals surface area contributed by atoms with E-state index in [1.165, 1.54) is 19.3 Å². The highest BCUT2D eigenvalue weighted by Gasteiger charge is 2.23. The fourth-order valence-corrected chi connectivity index (χ4v) is 2.61. The Morgan fingerprint density at radius 2 is 2.17 bits per heavy atom. The lowest BCUT2D eigenvalue weighted by Crippen LogP contribution is -2.48. The number of nitrogens with one attached hydrogen (secondary N) is 1. The summed E-state index contributed by atoms with van der Waals surface area (Å²) in [6.07, 6.45) is 6.33. The molecular formula is C14H28N2O2. The van der Waals surface area contributed by atoms with Crippen LogP contribution >= 0.6 is 0 Å². The number of ether oxygens (including phenoxy) is 1. The van der Waals surface area contributed by atoms with E-state index in [-0.39, 0.29) is 18.0 Å². The van der Waals surface area contributed by atoms with Gasteiger partial charge in [-0.15, -0.1) is 0 Å². The minimum absolute atomic E-state index is 0.237. The Kier molecular flexibility index (Phi) is 6.65. The second-order valence-electron chi connectivity index (χ2n) is 5.67. The van der Waals surface area contributed by atoms with Crippen LogP contribution in [-0.2, 0) is 9.53 Å². The maximum absolute atomic E-state index is 11.3. The molecule has 4 nitrogen and oxygen atoms in total. The number of primary amides is 1. The van der Waals surface area contributed by atoms with Crippen molar-refractivity contribution in [2.75, 3.05) is 6.61 Å². The van der Waals surface area contributed by atoms with E-state index in [1.807, 2.05) is 13.8 Å². The maximum atomic E-state index is 11.3. The van der Waals surface area contributed by atoms with Crippen LogP contribution in [0.3, 0.4) is 0 Å². The number of carbonyl (C=O) groups is 1. The molecular weight excluding hydrogens is 228 g/mol. The van der Waals surface area contributed by atoms with Crippen LogP contribution < -0.4 is 11.1 Å². The summed E-state index contributed by atoms with van der Waals surface area (Å²) in [6.45, 7) is 6.64. The van der Waals surface area contributed by atoms with Gasteiger partial charge in [0, 0.05) is 6.04 Å². The molecule has 1 saturated carbocycles. The van der Waals surface area contributed by atoms with Gasteiger partial charge in [-0.3, -0.25) is 4.79 Å². The molecule has 0 aromatic carbocycles. The van der Waals surface area contributed by atoms with Crippen molar-refractivity contribution in [1.29, 1.82) is 0 Å². The van der Waals surface area contributed by atoms with E-state index in [0.717, 1.165) is 18.8 Å². The van der Waals surface area contributed by atoms with Crippen molar-refractivity contribution in [2.45, 2.75) is 71.1 Å². The highest BCUT2D eigenvalue weighted by molar-refractivity contribution is 5.80. The number of nitrogens with two attached hydrogens (primary N) is 1. The van der Waals surface area contributed by atoms with E-state index in [2.05, 4.69) is 12.2 Å². The first-order chi connectivity index (χ1) is 8.52.